The van der Waals surface area contributed by atoms with Crippen LogP contribution in [0.4, 0.5) is 0 Å². The molecular formula is C9H17N2O+. The second-order valence-corrected chi connectivity index (χ2v) is 2.87. The molecule has 0 spiro atoms. The van der Waals surface area contributed by atoms with Gasteiger partial charge in [-0.2, -0.15) is 0 Å². The van der Waals surface area contributed by atoms with Gasteiger partial charge in [-0.05, 0) is 6.92 Å². The molecule has 1 aromatic heterocycles. The Labute approximate surface area is 73.6 Å². The smallest absolute Gasteiger partial charge is 0.243 e. The fourth-order valence-corrected chi connectivity index (χ4v) is 1.13. The van der Waals surface area contributed by atoms with Crippen molar-refractivity contribution in [3.05, 3.63) is 18.7 Å². The fraction of sp³-hybridized carbons (Fsp3) is 0.667. The largest absolute Gasteiger partial charge is 0.382 e. The average molecular weight is 169 g/mol. The quantitative estimate of drug-likeness (QED) is 0.469. The molecule has 1 aromatic rings. The van der Waals surface area contributed by atoms with Crippen LogP contribution >= 0.6 is 0 Å². The van der Waals surface area contributed by atoms with E-state index in [1.807, 2.05) is 24.7 Å². The first kappa shape index (κ1) is 9.26. The van der Waals surface area contributed by atoms with E-state index in [2.05, 4.69) is 17.1 Å². The van der Waals surface area contributed by atoms with E-state index in [4.69, 9.17) is 4.74 Å². The first-order valence-corrected chi connectivity index (χ1v) is 4.41. The van der Waals surface area contributed by atoms with Gasteiger partial charge in [-0.1, -0.05) is 0 Å². The Morgan fingerprint density at radius 2 is 2.33 bits per heavy atom. The van der Waals surface area contributed by atoms with Gasteiger partial charge >= 0.3 is 0 Å². The van der Waals surface area contributed by atoms with Gasteiger partial charge < -0.3 is 4.74 Å². The van der Waals surface area contributed by atoms with E-state index in [1.165, 1.54) is 0 Å². The van der Waals surface area contributed by atoms with Gasteiger partial charge in [0.15, 0.2) is 0 Å². The Kier molecular flexibility index (Phi) is 3.80. The van der Waals surface area contributed by atoms with Crippen molar-refractivity contribution in [3.8, 4) is 0 Å². The molecule has 0 aliphatic carbocycles. The first-order valence-electron chi connectivity index (χ1n) is 4.41. The highest BCUT2D eigenvalue weighted by Gasteiger charge is 1.98. The molecule has 0 saturated carbocycles. The van der Waals surface area contributed by atoms with Crippen LogP contribution in [0.25, 0.3) is 0 Å². The highest BCUT2D eigenvalue weighted by molar-refractivity contribution is 4.61. The maximum Gasteiger partial charge on any atom is 0.243 e. The molecule has 0 aromatic carbocycles. The summed E-state index contributed by atoms with van der Waals surface area (Å²) < 4.78 is 9.45. The van der Waals surface area contributed by atoms with Crippen LogP contribution in [0.15, 0.2) is 18.7 Å². The highest BCUT2D eigenvalue weighted by atomic mass is 16.5. The second-order valence-electron chi connectivity index (χ2n) is 2.87. The molecule has 0 saturated heterocycles. The van der Waals surface area contributed by atoms with Gasteiger partial charge in [0.05, 0.1) is 20.2 Å². The molecule has 1 heterocycles. The van der Waals surface area contributed by atoms with Crippen molar-refractivity contribution in [1.29, 1.82) is 0 Å². The first-order chi connectivity index (χ1) is 5.83. The van der Waals surface area contributed by atoms with Crippen molar-refractivity contribution >= 4 is 0 Å². The molecule has 0 unspecified atom stereocenters. The standard InChI is InChI=1S/C9H17N2O/c1-3-12-8-4-5-11-7-6-10(2)9-11/h6-7,9H,3-5,8H2,1-2H3/q+1. The van der Waals surface area contributed by atoms with Crippen LogP contribution in [-0.2, 0) is 18.3 Å². The predicted octanol–water partition coefficient (Wildman–Crippen LogP) is 0.739. The van der Waals surface area contributed by atoms with Gasteiger partial charge in [-0.25, -0.2) is 9.13 Å². The van der Waals surface area contributed by atoms with Crippen LogP contribution in [0, 0.1) is 0 Å². The molecule has 3 heteroatoms. The Balaban J connectivity index is 2.15. The van der Waals surface area contributed by atoms with Crippen molar-refractivity contribution in [2.45, 2.75) is 19.9 Å². The molecule has 0 atom stereocenters. The lowest BCUT2D eigenvalue weighted by atomic mass is 10.4. The molecule has 3 nitrogen and oxygen atoms in total. The van der Waals surface area contributed by atoms with Crippen LogP contribution in [-0.4, -0.2) is 17.8 Å². The van der Waals surface area contributed by atoms with Crippen molar-refractivity contribution in [2.75, 3.05) is 13.2 Å². The molecule has 0 amide bonds. The van der Waals surface area contributed by atoms with Crippen molar-refractivity contribution in [1.82, 2.24) is 4.57 Å². The number of aryl methyl sites for hydroxylation is 2. The number of hydrogen-bond acceptors (Lipinski definition) is 1. The van der Waals surface area contributed by atoms with Crippen LogP contribution in [0.1, 0.15) is 13.3 Å². The summed E-state index contributed by atoms with van der Waals surface area (Å²) in [7, 11) is 2.03. The SMILES string of the molecule is CCOCCC[n+]1ccn(C)c1. The Hall–Kier alpha value is -0.830. The third kappa shape index (κ3) is 3.05. The summed E-state index contributed by atoms with van der Waals surface area (Å²) in [5, 5.41) is 0. The summed E-state index contributed by atoms with van der Waals surface area (Å²) in [4.78, 5) is 0. The Morgan fingerprint density at radius 1 is 1.50 bits per heavy atom. The Bertz CT molecular complexity index is 220. The monoisotopic (exact) mass is 169 g/mol. The zero-order valence-corrected chi connectivity index (χ0v) is 7.86. The number of aromatic nitrogens is 2. The summed E-state index contributed by atoms with van der Waals surface area (Å²) in [6.07, 6.45) is 7.28. The minimum atomic E-state index is 0.819. The summed E-state index contributed by atoms with van der Waals surface area (Å²) in [6.45, 7) is 4.74. The third-order valence-electron chi connectivity index (χ3n) is 1.73. The summed E-state index contributed by atoms with van der Waals surface area (Å²) in [6, 6.07) is 0. The van der Waals surface area contributed by atoms with Crippen LogP contribution in [0.3, 0.4) is 0 Å². The molecule has 0 aliphatic heterocycles. The molecular weight excluding hydrogens is 152 g/mol. The minimum Gasteiger partial charge on any atom is -0.382 e. The normalized spacial score (nSPS) is 10.5. The van der Waals surface area contributed by atoms with E-state index in [-0.39, 0.29) is 0 Å². The lowest BCUT2D eigenvalue weighted by Crippen LogP contribution is -2.31. The summed E-state index contributed by atoms with van der Waals surface area (Å²) in [5.41, 5.74) is 0. The number of hydrogen-bond donors (Lipinski definition) is 0. The summed E-state index contributed by atoms with van der Waals surface area (Å²) in [5.74, 6) is 0. The zero-order chi connectivity index (χ0) is 8.81. The highest BCUT2D eigenvalue weighted by Crippen LogP contribution is 1.84. The average Bonchev–Trinajstić information content (AvgIpc) is 2.45. The van der Waals surface area contributed by atoms with Crippen LogP contribution < -0.4 is 4.57 Å². The van der Waals surface area contributed by atoms with Gasteiger partial charge in [0, 0.05) is 13.0 Å². The van der Waals surface area contributed by atoms with Crippen molar-refractivity contribution < 1.29 is 9.30 Å². The van der Waals surface area contributed by atoms with E-state index in [0.717, 1.165) is 26.2 Å². The predicted molar refractivity (Wildman–Crippen MR) is 46.7 cm³/mol. The molecule has 12 heavy (non-hydrogen) atoms. The fourth-order valence-electron chi connectivity index (χ4n) is 1.13. The third-order valence-corrected chi connectivity index (χ3v) is 1.73. The zero-order valence-electron chi connectivity index (χ0n) is 7.86. The lowest BCUT2D eigenvalue weighted by molar-refractivity contribution is -0.697. The Morgan fingerprint density at radius 3 is 2.92 bits per heavy atom. The van der Waals surface area contributed by atoms with E-state index in [9.17, 15) is 0 Å². The number of ether oxygens (including phenoxy) is 1. The van der Waals surface area contributed by atoms with E-state index >= 15 is 0 Å². The molecule has 0 aliphatic rings. The van der Waals surface area contributed by atoms with E-state index in [1.54, 1.807) is 0 Å². The number of rotatable bonds is 5. The summed E-state index contributed by atoms with van der Waals surface area (Å²) >= 11 is 0. The maximum absolute atomic E-state index is 5.24. The van der Waals surface area contributed by atoms with Crippen molar-refractivity contribution in [2.24, 2.45) is 7.05 Å². The topological polar surface area (TPSA) is 18.0 Å². The van der Waals surface area contributed by atoms with Crippen molar-refractivity contribution in [3.63, 3.8) is 0 Å². The van der Waals surface area contributed by atoms with E-state index < -0.39 is 0 Å². The molecule has 0 N–H and O–H groups in total. The second kappa shape index (κ2) is 4.93. The van der Waals surface area contributed by atoms with Gasteiger partial charge in [0.1, 0.15) is 12.4 Å². The van der Waals surface area contributed by atoms with Gasteiger partial charge in [-0.3, -0.25) is 0 Å². The lowest BCUT2D eigenvalue weighted by Gasteiger charge is -1.97. The number of imidazole rings is 1. The van der Waals surface area contributed by atoms with Crippen LogP contribution in [0.5, 0.6) is 0 Å². The molecule has 0 fully saturated rings. The van der Waals surface area contributed by atoms with Gasteiger partial charge in [-0.15, -0.1) is 0 Å². The van der Waals surface area contributed by atoms with E-state index in [0.29, 0.717) is 0 Å². The number of nitrogens with zero attached hydrogens (tertiary/aromatic N) is 2. The van der Waals surface area contributed by atoms with Gasteiger partial charge in [0.25, 0.3) is 0 Å². The maximum atomic E-state index is 5.24. The molecule has 1 rings (SSSR count). The molecule has 0 bridgehead atoms. The van der Waals surface area contributed by atoms with Gasteiger partial charge in [0.2, 0.25) is 6.33 Å². The molecule has 68 valence electrons. The molecule has 0 radical (unpaired) electrons. The van der Waals surface area contributed by atoms with Crippen LogP contribution in [0.2, 0.25) is 0 Å². The minimum absolute atomic E-state index is 0.819.